The number of sulfonamides is 1. The summed E-state index contributed by atoms with van der Waals surface area (Å²) in [6.07, 6.45) is 2.94. The summed E-state index contributed by atoms with van der Waals surface area (Å²) in [7, 11) is -3.39. The van der Waals surface area contributed by atoms with E-state index in [0.717, 1.165) is 36.2 Å². The largest absolute Gasteiger partial charge is 0.252 e. The molecule has 0 amide bonds. The van der Waals surface area contributed by atoms with Crippen molar-refractivity contribution in [2.75, 3.05) is 11.9 Å². The molecule has 2 heterocycles. The van der Waals surface area contributed by atoms with Crippen LogP contribution < -0.4 is 0 Å². The molecule has 3 nitrogen and oxygen atoms in total. The van der Waals surface area contributed by atoms with Crippen LogP contribution in [0.3, 0.4) is 0 Å². The van der Waals surface area contributed by atoms with Gasteiger partial charge in [0.25, 0.3) is 10.0 Å². The van der Waals surface area contributed by atoms with E-state index in [1.807, 2.05) is 6.92 Å². The first-order valence-electron chi connectivity index (χ1n) is 5.80. The number of alkyl halides is 1. The zero-order valence-electron chi connectivity index (χ0n) is 10.0. The number of halogens is 2. The molecule has 1 aliphatic heterocycles. The molecule has 1 unspecified atom stereocenters. The summed E-state index contributed by atoms with van der Waals surface area (Å²) in [6, 6.07) is 1.73. The molecule has 0 N–H and O–H groups in total. The van der Waals surface area contributed by atoms with E-state index in [1.165, 1.54) is 0 Å². The lowest BCUT2D eigenvalue weighted by molar-refractivity contribution is 0.274. The molecule has 1 aromatic rings. The van der Waals surface area contributed by atoms with E-state index in [9.17, 15) is 8.42 Å². The third-order valence-electron chi connectivity index (χ3n) is 3.15. The fourth-order valence-electron chi connectivity index (χ4n) is 2.12. The minimum absolute atomic E-state index is 0.0601. The van der Waals surface area contributed by atoms with Crippen LogP contribution in [0.4, 0.5) is 0 Å². The van der Waals surface area contributed by atoms with Gasteiger partial charge in [-0.25, -0.2) is 8.42 Å². The van der Waals surface area contributed by atoms with Gasteiger partial charge in [-0.2, -0.15) is 4.31 Å². The van der Waals surface area contributed by atoms with Crippen LogP contribution in [-0.2, 0) is 10.0 Å². The van der Waals surface area contributed by atoms with Gasteiger partial charge in [0.1, 0.15) is 4.21 Å². The maximum Gasteiger partial charge on any atom is 0.252 e. The smallest absolute Gasteiger partial charge is 0.206 e. The molecule has 0 radical (unpaired) electrons. The Hall–Kier alpha value is 0.380. The third kappa shape index (κ3) is 2.77. The van der Waals surface area contributed by atoms with Crippen molar-refractivity contribution in [1.82, 2.24) is 4.31 Å². The molecule has 1 fully saturated rings. The standard InChI is InChI=1S/C11H15BrClNO2S2/c1-8-6-10(17-11(8)13)18(15,16)14-5-3-2-4-9(14)7-12/h6,9H,2-5,7H2,1H3. The molecule has 1 atom stereocenters. The van der Waals surface area contributed by atoms with Gasteiger partial charge in [-0.1, -0.05) is 34.0 Å². The number of hydrogen-bond acceptors (Lipinski definition) is 3. The molecule has 0 aromatic carbocycles. The highest BCUT2D eigenvalue weighted by Gasteiger charge is 2.34. The first-order valence-corrected chi connectivity index (χ1v) is 9.56. The Morgan fingerprint density at radius 2 is 2.28 bits per heavy atom. The highest BCUT2D eigenvalue weighted by molar-refractivity contribution is 9.09. The monoisotopic (exact) mass is 371 g/mol. The van der Waals surface area contributed by atoms with Gasteiger partial charge >= 0.3 is 0 Å². The average Bonchev–Trinajstić information content (AvgIpc) is 2.70. The predicted octanol–water partition coefficient (Wildman–Crippen LogP) is 3.65. The highest BCUT2D eigenvalue weighted by Crippen LogP contribution is 2.34. The molecule has 7 heteroatoms. The second-order valence-corrected chi connectivity index (χ2v) is 8.86. The van der Waals surface area contributed by atoms with Gasteiger partial charge in [0, 0.05) is 17.9 Å². The molecule has 0 spiro atoms. The fraction of sp³-hybridized carbons (Fsp3) is 0.636. The van der Waals surface area contributed by atoms with Crippen molar-refractivity contribution in [2.45, 2.75) is 36.4 Å². The Balaban J connectivity index is 2.35. The van der Waals surface area contributed by atoms with Crippen LogP contribution >= 0.6 is 38.9 Å². The lowest BCUT2D eigenvalue weighted by Crippen LogP contribution is -2.44. The third-order valence-corrected chi connectivity index (χ3v) is 7.85. The molecule has 1 saturated heterocycles. The quantitative estimate of drug-likeness (QED) is 0.760. The molecular formula is C11H15BrClNO2S2. The van der Waals surface area contributed by atoms with Crippen LogP contribution in [0, 0.1) is 6.92 Å². The van der Waals surface area contributed by atoms with E-state index in [0.29, 0.717) is 20.4 Å². The average molecular weight is 373 g/mol. The molecule has 1 aromatic heterocycles. The van der Waals surface area contributed by atoms with E-state index in [-0.39, 0.29) is 6.04 Å². The van der Waals surface area contributed by atoms with Gasteiger partial charge < -0.3 is 0 Å². The van der Waals surface area contributed by atoms with Crippen molar-refractivity contribution >= 4 is 48.9 Å². The van der Waals surface area contributed by atoms with Gasteiger partial charge in [-0.05, 0) is 31.4 Å². The summed E-state index contributed by atoms with van der Waals surface area (Å²) in [4.78, 5) is 0. The molecule has 0 saturated carbocycles. The van der Waals surface area contributed by atoms with Crippen molar-refractivity contribution in [1.29, 1.82) is 0 Å². The molecule has 0 bridgehead atoms. The lowest BCUT2D eigenvalue weighted by Gasteiger charge is -2.33. The van der Waals surface area contributed by atoms with Crippen LogP contribution in [0.1, 0.15) is 24.8 Å². The topological polar surface area (TPSA) is 37.4 Å². The SMILES string of the molecule is Cc1cc(S(=O)(=O)N2CCCCC2CBr)sc1Cl. The Morgan fingerprint density at radius 3 is 2.83 bits per heavy atom. The second-order valence-electron chi connectivity index (χ2n) is 4.44. The summed E-state index contributed by atoms with van der Waals surface area (Å²) in [6.45, 7) is 2.43. The first kappa shape index (κ1) is 14.8. The van der Waals surface area contributed by atoms with Crippen LogP contribution in [0.25, 0.3) is 0 Å². The van der Waals surface area contributed by atoms with E-state index >= 15 is 0 Å². The maximum atomic E-state index is 12.6. The Labute approximate surface area is 125 Å². The molecule has 2 rings (SSSR count). The zero-order chi connectivity index (χ0) is 13.3. The minimum atomic E-state index is -3.39. The van der Waals surface area contributed by atoms with E-state index in [2.05, 4.69) is 15.9 Å². The molecular weight excluding hydrogens is 358 g/mol. The van der Waals surface area contributed by atoms with Crippen molar-refractivity contribution < 1.29 is 8.42 Å². The molecule has 1 aliphatic rings. The lowest BCUT2D eigenvalue weighted by atomic mass is 10.1. The number of rotatable bonds is 3. The maximum absolute atomic E-state index is 12.6. The summed E-state index contributed by atoms with van der Waals surface area (Å²) >= 11 is 10.5. The van der Waals surface area contributed by atoms with Gasteiger partial charge in [-0.15, -0.1) is 11.3 Å². The van der Waals surface area contributed by atoms with E-state index < -0.39 is 10.0 Å². The van der Waals surface area contributed by atoms with Gasteiger partial charge in [0.2, 0.25) is 0 Å². The highest BCUT2D eigenvalue weighted by atomic mass is 79.9. The van der Waals surface area contributed by atoms with Crippen molar-refractivity contribution in [3.05, 3.63) is 16.0 Å². The number of aryl methyl sites for hydroxylation is 1. The summed E-state index contributed by atoms with van der Waals surface area (Å²) in [5.41, 5.74) is 0.827. The second kappa shape index (κ2) is 5.79. The van der Waals surface area contributed by atoms with Crippen molar-refractivity contribution in [2.24, 2.45) is 0 Å². The van der Waals surface area contributed by atoms with Gasteiger partial charge in [0.05, 0.1) is 4.34 Å². The summed E-state index contributed by atoms with van der Waals surface area (Å²) in [5, 5.41) is 0.685. The van der Waals surface area contributed by atoms with Crippen LogP contribution in [-0.4, -0.2) is 30.6 Å². The molecule has 18 heavy (non-hydrogen) atoms. The van der Waals surface area contributed by atoms with Gasteiger partial charge in [-0.3, -0.25) is 0 Å². The number of thiophene rings is 1. The molecule has 0 aliphatic carbocycles. The number of nitrogens with zero attached hydrogens (tertiary/aromatic N) is 1. The summed E-state index contributed by atoms with van der Waals surface area (Å²) in [5.74, 6) is 0. The normalized spacial score (nSPS) is 22.3. The van der Waals surface area contributed by atoms with Crippen LogP contribution in [0.15, 0.2) is 10.3 Å². The predicted molar refractivity (Wildman–Crippen MR) is 79.4 cm³/mol. The van der Waals surface area contributed by atoms with Crippen molar-refractivity contribution in [3.8, 4) is 0 Å². The fourth-order valence-corrected chi connectivity index (χ4v) is 6.51. The van der Waals surface area contributed by atoms with Crippen molar-refractivity contribution in [3.63, 3.8) is 0 Å². The number of hydrogen-bond donors (Lipinski definition) is 0. The Bertz CT molecular complexity index is 510. The van der Waals surface area contributed by atoms with E-state index in [1.54, 1.807) is 10.4 Å². The van der Waals surface area contributed by atoms with Crippen LogP contribution in [0.2, 0.25) is 4.34 Å². The zero-order valence-corrected chi connectivity index (χ0v) is 14.0. The van der Waals surface area contributed by atoms with Crippen LogP contribution in [0.5, 0.6) is 0 Å². The number of piperidine rings is 1. The molecule has 102 valence electrons. The Morgan fingerprint density at radius 1 is 1.56 bits per heavy atom. The first-order chi connectivity index (χ1) is 8.46. The summed E-state index contributed by atoms with van der Waals surface area (Å²) < 4.78 is 27.7. The van der Waals surface area contributed by atoms with E-state index in [4.69, 9.17) is 11.6 Å². The Kier molecular flexibility index (Phi) is 4.75. The minimum Gasteiger partial charge on any atom is -0.206 e. The van der Waals surface area contributed by atoms with Gasteiger partial charge in [0.15, 0.2) is 0 Å².